The summed E-state index contributed by atoms with van der Waals surface area (Å²) in [7, 11) is 0. The Morgan fingerprint density at radius 1 is 1.40 bits per heavy atom. The molecule has 1 atom stereocenters. The third-order valence-corrected chi connectivity index (χ3v) is 3.67. The maximum Gasteiger partial charge on any atom is 0.269 e. The van der Waals surface area contributed by atoms with Gasteiger partial charge in [0.2, 0.25) is 0 Å². The zero-order valence-electron chi connectivity index (χ0n) is 11.5. The minimum Gasteiger partial charge on any atom is -0.297 e. The standard InChI is InChI=1S/C14H18N4O2/c1-12(10-15)17-7-5-16(6-8-17)11-13-3-2-4-14(9-13)18(19)20/h2-4,9,12H,5-8,11H2,1H3. The first-order valence-corrected chi connectivity index (χ1v) is 6.69. The quantitative estimate of drug-likeness (QED) is 0.616. The van der Waals surface area contributed by atoms with Gasteiger partial charge in [-0.3, -0.25) is 19.9 Å². The lowest BCUT2D eigenvalue weighted by Crippen LogP contribution is -2.48. The van der Waals surface area contributed by atoms with E-state index in [1.54, 1.807) is 12.1 Å². The zero-order chi connectivity index (χ0) is 14.5. The predicted octanol–water partition coefficient (Wildman–Crippen LogP) is 1.62. The molecule has 0 N–H and O–H groups in total. The molecule has 0 aliphatic carbocycles. The number of hydrogen-bond donors (Lipinski definition) is 0. The van der Waals surface area contributed by atoms with E-state index in [-0.39, 0.29) is 16.7 Å². The number of benzene rings is 1. The molecular weight excluding hydrogens is 256 g/mol. The summed E-state index contributed by atoms with van der Waals surface area (Å²) in [5.74, 6) is 0. The van der Waals surface area contributed by atoms with Crippen molar-refractivity contribution in [2.75, 3.05) is 26.2 Å². The number of piperazine rings is 1. The van der Waals surface area contributed by atoms with Gasteiger partial charge in [0.1, 0.15) is 0 Å². The van der Waals surface area contributed by atoms with E-state index in [1.165, 1.54) is 6.07 Å². The Hall–Kier alpha value is -1.97. The fourth-order valence-electron chi connectivity index (χ4n) is 2.42. The molecule has 1 heterocycles. The molecule has 6 heteroatoms. The summed E-state index contributed by atoms with van der Waals surface area (Å²) in [6.07, 6.45) is 0. The first-order chi connectivity index (χ1) is 9.60. The lowest BCUT2D eigenvalue weighted by Gasteiger charge is -2.35. The van der Waals surface area contributed by atoms with E-state index in [0.29, 0.717) is 0 Å². The molecule has 1 aromatic carbocycles. The van der Waals surface area contributed by atoms with E-state index in [4.69, 9.17) is 5.26 Å². The molecule has 1 aliphatic heterocycles. The second kappa shape index (κ2) is 6.46. The van der Waals surface area contributed by atoms with Crippen LogP contribution >= 0.6 is 0 Å². The normalized spacial score (nSPS) is 18.4. The number of rotatable bonds is 4. The molecule has 1 unspecified atom stereocenters. The van der Waals surface area contributed by atoms with Crippen LogP contribution in [0, 0.1) is 21.4 Å². The highest BCUT2D eigenvalue weighted by molar-refractivity contribution is 5.34. The zero-order valence-corrected chi connectivity index (χ0v) is 11.5. The maximum absolute atomic E-state index is 10.8. The van der Waals surface area contributed by atoms with Gasteiger partial charge in [-0.2, -0.15) is 5.26 Å². The van der Waals surface area contributed by atoms with Crippen molar-refractivity contribution < 1.29 is 4.92 Å². The molecule has 0 bridgehead atoms. The maximum atomic E-state index is 10.8. The summed E-state index contributed by atoms with van der Waals surface area (Å²) in [6, 6.07) is 8.98. The predicted molar refractivity (Wildman–Crippen MR) is 75.0 cm³/mol. The molecule has 0 radical (unpaired) electrons. The molecule has 1 saturated heterocycles. The number of hydrogen-bond acceptors (Lipinski definition) is 5. The fourth-order valence-corrected chi connectivity index (χ4v) is 2.42. The summed E-state index contributed by atoms with van der Waals surface area (Å²) in [4.78, 5) is 14.8. The van der Waals surface area contributed by atoms with E-state index >= 15 is 0 Å². The highest BCUT2D eigenvalue weighted by Gasteiger charge is 2.21. The van der Waals surface area contributed by atoms with Gasteiger partial charge < -0.3 is 0 Å². The van der Waals surface area contributed by atoms with Gasteiger partial charge in [-0.25, -0.2) is 0 Å². The van der Waals surface area contributed by atoms with Crippen molar-refractivity contribution in [3.63, 3.8) is 0 Å². The lowest BCUT2D eigenvalue weighted by molar-refractivity contribution is -0.384. The lowest BCUT2D eigenvalue weighted by atomic mass is 10.1. The third kappa shape index (κ3) is 3.53. The molecule has 1 aliphatic rings. The first-order valence-electron chi connectivity index (χ1n) is 6.69. The molecule has 0 spiro atoms. The van der Waals surface area contributed by atoms with Gasteiger partial charge in [-0.15, -0.1) is 0 Å². The van der Waals surface area contributed by atoms with Crippen LogP contribution in [0.4, 0.5) is 5.69 Å². The Bertz CT molecular complexity index is 518. The number of non-ortho nitro benzene ring substituents is 1. The molecule has 0 aromatic heterocycles. The van der Waals surface area contributed by atoms with Crippen LogP contribution in [-0.4, -0.2) is 46.9 Å². The highest BCUT2D eigenvalue weighted by atomic mass is 16.6. The van der Waals surface area contributed by atoms with Crippen LogP contribution in [0.2, 0.25) is 0 Å². The van der Waals surface area contributed by atoms with Crippen molar-refractivity contribution in [1.82, 2.24) is 9.80 Å². The summed E-state index contributed by atoms with van der Waals surface area (Å²) in [5.41, 5.74) is 1.10. The van der Waals surface area contributed by atoms with Gasteiger partial charge in [0.05, 0.1) is 17.0 Å². The average molecular weight is 274 g/mol. The summed E-state index contributed by atoms with van der Waals surface area (Å²) in [6.45, 7) is 6.13. The second-order valence-electron chi connectivity index (χ2n) is 5.04. The highest BCUT2D eigenvalue weighted by Crippen LogP contribution is 2.16. The Balaban J connectivity index is 1.91. The minimum absolute atomic E-state index is 0.0463. The van der Waals surface area contributed by atoms with E-state index < -0.39 is 0 Å². The van der Waals surface area contributed by atoms with Crippen LogP contribution < -0.4 is 0 Å². The van der Waals surface area contributed by atoms with Crippen molar-refractivity contribution >= 4 is 5.69 Å². The Labute approximate surface area is 118 Å². The number of nitrogens with zero attached hydrogens (tertiary/aromatic N) is 4. The molecule has 1 fully saturated rings. The SMILES string of the molecule is CC(C#N)N1CCN(Cc2cccc([N+](=O)[O-])c2)CC1. The van der Waals surface area contributed by atoms with Crippen molar-refractivity contribution in [3.8, 4) is 6.07 Å². The van der Waals surface area contributed by atoms with Crippen LogP contribution in [0.25, 0.3) is 0 Å². The van der Waals surface area contributed by atoms with E-state index in [9.17, 15) is 10.1 Å². The summed E-state index contributed by atoms with van der Waals surface area (Å²) >= 11 is 0. The van der Waals surface area contributed by atoms with Crippen LogP contribution in [-0.2, 0) is 6.54 Å². The molecule has 0 saturated carbocycles. The van der Waals surface area contributed by atoms with Gasteiger partial charge in [-0.05, 0) is 12.5 Å². The molecular formula is C14H18N4O2. The number of nitro groups is 1. The molecule has 1 aromatic rings. The van der Waals surface area contributed by atoms with Gasteiger partial charge in [0, 0.05) is 44.9 Å². The Morgan fingerprint density at radius 2 is 2.10 bits per heavy atom. The van der Waals surface area contributed by atoms with Gasteiger partial charge in [0.15, 0.2) is 0 Å². The Kier molecular flexibility index (Phi) is 4.66. The van der Waals surface area contributed by atoms with Gasteiger partial charge >= 0.3 is 0 Å². The van der Waals surface area contributed by atoms with Crippen LogP contribution in [0.15, 0.2) is 24.3 Å². The number of nitro benzene ring substituents is 1. The van der Waals surface area contributed by atoms with Crippen LogP contribution in [0.1, 0.15) is 12.5 Å². The van der Waals surface area contributed by atoms with Crippen molar-refractivity contribution in [2.24, 2.45) is 0 Å². The smallest absolute Gasteiger partial charge is 0.269 e. The fraction of sp³-hybridized carbons (Fsp3) is 0.500. The average Bonchev–Trinajstić information content (AvgIpc) is 2.47. The van der Waals surface area contributed by atoms with Crippen molar-refractivity contribution in [3.05, 3.63) is 39.9 Å². The topological polar surface area (TPSA) is 73.4 Å². The molecule has 0 amide bonds. The molecule has 2 rings (SSSR count). The summed E-state index contributed by atoms with van der Waals surface area (Å²) < 4.78 is 0. The van der Waals surface area contributed by atoms with E-state index in [0.717, 1.165) is 38.3 Å². The third-order valence-electron chi connectivity index (χ3n) is 3.67. The van der Waals surface area contributed by atoms with Gasteiger partial charge in [-0.1, -0.05) is 12.1 Å². The second-order valence-corrected chi connectivity index (χ2v) is 5.04. The molecule has 20 heavy (non-hydrogen) atoms. The van der Waals surface area contributed by atoms with Crippen LogP contribution in [0.5, 0.6) is 0 Å². The minimum atomic E-state index is -0.365. The first kappa shape index (κ1) is 14.4. The number of nitriles is 1. The largest absolute Gasteiger partial charge is 0.297 e. The van der Waals surface area contributed by atoms with Crippen LogP contribution in [0.3, 0.4) is 0 Å². The van der Waals surface area contributed by atoms with Crippen molar-refractivity contribution in [1.29, 1.82) is 5.26 Å². The van der Waals surface area contributed by atoms with E-state index in [2.05, 4.69) is 15.9 Å². The summed E-state index contributed by atoms with van der Waals surface area (Å²) in [5, 5.41) is 19.7. The Morgan fingerprint density at radius 3 is 2.70 bits per heavy atom. The van der Waals surface area contributed by atoms with E-state index in [1.807, 2.05) is 13.0 Å². The van der Waals surface area contributed by atoms with Gasteiger partial charge in [0.25, 0.3) is 5.69 Å². The van der Waals surface area contributed by atoms with Crippen molar-refractivity contribution in [2.45, 2.75) is 19.5 Å². The molecule has 106 valence electrons. The monoisotopic (exact) mass is 274 g/mol. The molecule has 6 nitrogen and oxygen atoms in total.